The predicted molar refractivity (Wildman–Crippen MR) is 61.4 cm³/mol. The van der Waals surface area contributed by atoms with Gasteiger partial charge in [-0.15, -0.1) is 0 Å². The standard InChI is InChI=1S/C12H15N3/c1-8-3-5-10(6-4-8)11-7-14-12(15-11)9(2)13/h3-7,9H,13H2,1-2H3,(H,14,15)/t9-/m1/s1. The van der Waals surface area contributed by atoms with E-state index in [1.165, 1.54) is 5.56 Å². The first-order chi connectivity index (χ1) is 7.16. The largest absolute Gasteiger partial charge is 0.341 e. The second-order valence-corrected chi connectivity index (χ2v) is 3.84. The summed E-state index contributed by atoms with van der Waals surface area (Å²) in [4.78, 5) is 7.45. The van der Waals surface area contributed by atoms with Crippen LogP contribution in [0.15, 0.2) is 30.5 Å². The van der Waals surface area contributed by atoms with Gasteiger partial charge in [-0.25, -0.2) is 4.98 Å². The van der Waals surface area contributed by atoms with E-state index in [-0.39, 0.29) is 6.04 Å². The SMILES string of the molecule is Cc1ccc(-c2cnc([C@@H](C)N)[nH]2)cc1. The van der Waals surface area contributed by atoms with Crippen LogP contribution in [-0.4, -0.2) is 9.97 Å². The van der Waals surface area contributed by atoms with E-state index >= 15 is 0 Å². The van der Waals surface area contributed by atoms with Crippen LogP contribution in [-0.2, 0) is 0 Å². The highest BCUT2D eigenvalue weighted by molar-refractivity contribution is 5.58. The van der Waals surface area contributed by atoms with Gasteiger partial charge in [-0.3, -0.25) is 0 Å². The normalized spacial score (nSPS) is 12.7. The molecule has 2 aromatic rings. The van der Waals surface area contributed by atoms with E-state index in [4.69, 9.17) is 5.73 Å². The number of nitrogens with two attached hydrogens (primary N) is 1. The number of imidazole rings is 1. The number of hydrogen-bond acceptors (Lipinski definition) is 2. The molecule has 0 amide bonds. The van der Waals surface area contributed by atoms with Crippen LogP contribution >= 0.6 is 0 Å². The van der Waals surface area contributed by atoms with Gasteiger partial charge >= 0.3 is 0 Å². The van der Waals surface area contributed by atoms with Crippen molar-refractivity contribution in [1.29, 1.82) is 0 Å². The van der Waals surface area contributed by atoms with Crippen LogP contribution in [0.3, 0.4) is 0 Å². The maximum Gasteiger partial charge on any atom is 0.123 e. The van der Waals surface area contributed by atoms with E-state index in [0.717, 1.165) is 17.1 Å². The second-order valence-electron chi connectivity index (χ2n) is 3.84. The maximum absolute atomic E-state index is 5.74. The third kappa shape index (κ3) is 2.07. The monoisotopic (exact) mass is 201 g/mol. The number of nitrogens with one attached hydrogen (secondary N) is 1. The number of aromatic amines is 1. The van der Waals surface area contributed by atoms with E-state index in [9.17, 15) is 0 Å². The second kappa shape index (κ2) is 3.87. The fraction of sp³-hybridized carbons (Fsp3) is 0.250. The van der Waals surface area contributed by atoms with Crippen molar-refractivity contribution in [3.63, 3.8) is 0 Å². The summed E-state index contributed by atoms with van der Waals surface area (Å²) >= 11 is 0. The van der Waals surface area contributed by atoms with Gasteiger partial charge in [-0.05, 0) is 19.4 Å². The Bertz CT molecular complexity index is 440. The fourth-order valence-corrected chi connectivity index (χ4v) is 1.45. The molecule has 0 saturated carbocycles. The van der Waals surface area contributed by atoms with E-state index in [0.29, 0.717) is 0 Å². The average molecular weight is 201 g/mol. The highest BCUT2D eigenvalue weighted by Crippen LogP contribution is 2.18. The zero-order valence-corrected chi connectivity index (χ0v) is 8.99. The van der Waals surface area contributed by atoms with Gasteiger partial charge in [0.1, 0.15) is 5.82 Å². The van der Waals surface area contributed by atoms with Crippen molar-refractivity contribution in [2.24, 2.45) is 5.73 Å². The van der Waals surface area contributed by atoms with Crippen molar-refractivity contribution in [3.05, 3.63) is 41.9 Å². The summed E-state index contributed by atoms with van der Waals surface area (Å²) < 4.78 is 0. The summed E-state index contributed by atoms with van der Waals surface area (Å²) in [5.41, 5.74) is 9.15. The number of hydrogen-bond donors (Lipinski definition) is 2. The summed E-state index contributed by atoms with van der Waals surface area (Å²) in [5.74, 6) is 0.825. The van der Waals surface area contributed by atoms with Crippen LogP contribution in [0.1, 0.15) is 24.4 Å². The Morgan fingerprint density at radius 3 is 2.47 bits per heavy atom. The average Bonchev–Trinajstić information content (AvgIpc) is 2.68. The number of rotatable bonds is 2. The van der Waals surface area contributed by atoms with Crippen molar-refractivity contribution >= 4 is 0 Å². The molecule has 0 aliphatic heterocycles. The van der Waals surface area contributed by atoms with Crippen LogP contribution in [0.25, 0.3) is 11.3 Å². The molecule has 0 aliphatic carbocycles. The minimum Gasteiger partial charge on any atom is -0.341 e. The van der Waals surface area contributed by atoms with Gasteiger partial charge in [0, 0.05) is 0 Å². The van der Waals surface area contributed by atoms with Gasteiger partial charge in [0.15, 0.2) is 0 Å². The molecule has 0 unspecified atom stereocenters. The van der Waals surface area contributed by atoms with Crippen LogP contribution in [0, 0.1) is 6.92 Å². The Kier molecular flexibility index (Phi) is 2.56. The third-order valence-electron chi connectivity index (χ3n) is 2.39. The molecule has 0 saturated heterocycles. The molecule has 1 aromatic heterocycles. The molecule has 0 aliphatic rings. The lowest BCUT2D eigenvalue weighted by Gasteiger charge is -2.00. The lowest BCUT2D eigenvalue weighted by molar-refractivity contribution is 0.756. The van der Waals surface area contributed by atoms with Gasteiger partial charge in [0.05, 0.1) is 17.9 Å². The third-order valence-corrected chi connectivity index (χ3v) is 2.39. The van der Waals surface area contributed by atoms with Crippen LogP contribution in [0.4, 0.5) is 0 Å². The molecule has 3 heteroatoms. The van der Waals surface area contributed by atoms with E-state index in [2.05, 4.69) is 41.2 Å². The number of benzene rings is 1. The molecule has 0 radical (unpaired) electrons. The molecule has 0 spiro atoms. The molecule has 15 heavy (non-hydrogen) atoms. The van der Waals surface area contributed by atoms with Crippen LogP contribution < -0.4 is 5.73 Å². The molecule has 3 N–H and O–H groups in total. The molecule has 1 heterocycles. The van der Waals surface area contributed by atoms with Crippen molar-refractivity contribution in [2.75, 3.05) is 0 Å². The van der Waals surface area contributed by atoms with Crippen molar-refractivity contribution in [3.8, 4) is 11.3 Å². The first-order valence-electron chi connectivity index (χ1n) is 5.04. The number of H-pyrrole nitrogens is 1. The lowest BCUT2D eigenvalue weighted by Crippen LogP contribution is -2.06. The zero-order valence-electron chi connectivity index (χ0n) is 8.99. The number of aryl methyl sites for hydroxylation is 1. The molecule has 2 rings (SSSR count). The fourth-order valence-electron chi connectivity index (χ4n) is 1.45. The molecule has 0 bridgehead atoms. The van der Waals surface area contributed by atoms with E-state index in [1.807, 2.05) is 13.1 Å². The molecular formula is C12H15N3. The molecular weight excluding hydrogens is 186 g/mol. The van der Waals surface area contributed by atoms with E-state index < -0.39 is 0 Å². The first kappa shape index (κ1) is 9.93. The maximum atomic E-state index is 5.74. The van der Waals surface area contributed by atoms with Gasteiger partial charge < -0.3 is 10.7 Å². The minimum atomic E-state index is -0.0517. The van der Waals surface area contributed by atoms with Crippen molar-refractivity contribution in [2.45, 2.75) is 19.9 Å². The summed E-state index contributed by atoms with van der Waals surface area (Å²) in [6.45, 7) is 3.99. The Morgan fingerprint density at radius 1 is 1.27 bits per heavy atom. The first-order valence-corrected chi connectivity index (χ1v) is 5.04. The summed E-state index contributed by atoms with van der Waals surface area (Å²) in [5, 5.41) is 0. The van der Waals surface area contributed by atoms with Crippen LogP contribution in [0.5, 0.6) is 0 Å². The summed E-state index contributed by atoms with van der Waals surface area (Å²) in [6, 6.07) is 8.27. The summed E-state index contributed by atoms with van der Waals surface area (Å²) in [7, 11) is 0. The highest BCUT2D eigenvalue weighted by Gasteiger charge is 2.05. The number of aromatic nitrogens is 2. The molecule has 3 nitrogen and oxygen atoms in total. The lowest BCUT2D eigenvalue weighted by atomic mass is 10.1. The highest BCUT2D eigenvalue weighted by atomic mass is 14.9. The summed E-state index contributed by atoms with van der Waals surface area (Å²) in [6.07, 6.45) is 1.82. The molecule has 0 fully saturated rings. The Labute approximate surface area is 89.4 Å². The Balaban J connectivity index is 2.33. The Hall–Kier alpha value is -1.61. The molecule has 1 atom stereocenters. The minimum absolute atomic E-state index is 0.0517. The molecule has 78 valence electrons. The quantitative estimate of drug-likeness (QED) is 0.784. The van der Waals surface area contributed by atoms with E-state index in [1.54, 1.807) is 0 Å². The topological polar surface area (TPSA) is 54.7 Å². The van der Waals surface area contributed by atoms with Crippen LogP contribution in [0.2, 0.25) is 0 Å². The van der Waals surface area contributed by atoms with Gasteiger partial charge in [0.2, 0.25) is 0 Å². The smallest absolute Gasteiger partial charge is 0.123 e. The van der Waals surface area contributed by atoms with Gasteiger partial charge in [-0.1, -0.05) is 29.8 Å². The van der Waals surface area contributed by atoms with Gasteiger partial charge in [0.25, 0.3) is 0 Å². The predicted octanol–water partition coefficient (Wildman–Crippen LogP) is 2.40. The Morgan fingerprint density at radius 2 is 1.93 bits per heavy atom. The van der Waals surface area contributed by atoms with Gasteiger partial charge in [-0.2, -0.15) is 0 Å². The zero-order chi connectivity index (χ0) is 10.8. The van der Waals surface area contributed by atoms with Crippen molar-refractivity contribution < 1.29 is 0 Å². The van der Waals surface area contributed by atoms with Crippen molar-refractivity contribution in [1.82, 2.24) is 9.97 Å². The number of nitrogens with zero attached hydrogens (tertiary/aromatic N) is 1. The molecule has 1 aromatic carbocycles.